The normalized spacial score (nSPS) is 14.3. The van der Waals surface area contributed by atoms with Gasteiger partial charge in [-0.25, -0.2) is 0 Å². The summed E-state index contributed by atoms with van der Waals surface area (Å²) in [7, 11) is 0. The van der Waals surface area contributed by atoms with Crippen molar-refractivity contribution in [2.45, 2.75) is 45.2 Å². The Balaban J connectivity index is 1.63. The Morgan fingerprint density at radius 2 is 1.88 bits per heavy atom. The summed E-state index contributed by atoms with van der Waals surface area (Å²) in [6, 6.07) is 11.3. The molecule has 0 saturated heterocycles. The third kappa shape index (κ3) is 4.44. The summed E-state index contributed by atoms with van der Waals surface area (Å²) in [5.74, 6) is -0.416. The molecule has 2 N–H and O–H groups in total. The van der Waals surface area contributed by atoms with E-state index < -0.39 is 0 Å². The van der Waals surface area contributed by atoms with Crippen molar-refractivity contribution in [2.24, 2.45) is 0 Å². The molecule has 1 aliphatic rings. The highest BCUT2D eigenvalue weighted by molar-refractivity contribution is 5.98. The molecular weight excluding hydrogens is 314 g/mol. The second-order valence-corrected chi connectivity index (χ2v) is 6.49. The van der Waals surface area contributed by atoms with E-state index in [1.165, 1.54) is 6.20 Å². The third-order valence-electron chi connectivity index (χ3n) is 4.65. The Labute approximate surface area is 147 Å². The lowest BCUT2D eigenvalue weighted by Gasteiger charge is -2.12. The van der Waals surface area contributed by atoms with E-state index in [9.17, 15) is 9.59 Å². The van der Waals surface area contributed by atoms with Crippen molar-refractivity contribution in [3.8, 4) is 0 Å². The molecule has 1 saturated carbocycles. The van der Waals surface area contributed by atoms with Gasteiger partial charge in [-0.05, 0) is 43.0 Å². The van der Waals surface area contributed by atoms with E-state index in [1.54, 1.807) is 12.1 Å². The van der Waals surface area contributed by atoms with Gasteiger partial charge >= 0.3 is 0 Å². The van der Waals surface area contributed by atoms with Crippen LogP contribution in [0, 0.1) is 6.92 Å². The standard InChI is InChI=1S/C20H23N3O2/c1-14-6-2-3-7-16(14)13-22-20(25)18-12-15(10-11-21-18)19(24)23-17-8-4-5-9-17/h2-3,6-7,10-12,17H,4-5,8-9,13H2,1H3,(H,22,25)(H,23,24). The molecule has 2 amide bonds. The fourth-order valence-electron chi connectivity index (χ4n) is 3.11. The maximum atomic E-state index is 12.3. The van der Waals surface area contributed by atoms with E-state index >= 15 is 0 Å². The molecular formula is C20H23N3O2. The molecule has 2 aromatic rings. The molecule has 25 heavy (non-hydrogen) atoms. The second-order valence-electron chi connectivity index (χ2n) is 6.49. The van der Waals surface area contributed by atoms with E-state index in [0.29, 0.717) is 12.1 Å². The molecule has 0 aliphatic heterocycles. The van der Waals surface area contributed by atoms with Crippen LogP contribution in [0.25, 0.3) is 0 Å². The fraction of sp³-hybridized carbons (Fsp3) is 0.350. The smallest absolute Gasteiger partial charge is 0.270 e. The zero-order chi connectivity index (χ0) is 17.6. The van der Waals surface area contributed by atoms with Crippen molar-refractivity contribution in [3.63, 3.8) is 0 Å². The maximum absolute atomic E-state index is 12.3. The van der Waals surface area contributed by atoms with Gasteiger partial charge in [0.15, 0.2) is 0 Å². The van der Waals surface area contributed by atoms with Crippen molar-refractivity contribution in [1.82, 2.24) is 15.6 Å². The van der Waals surface area contributed by atoms with Crippen molar-refractivity contribution in [1.29, 1.82) is 0 Å². The Morgan fingerprint density at radius 1 is 1.12 bits per heavy atom. The molecule has 1 aliphatic carbocycles. The Morgan fingerprint density at radius 3 is 2.64 bits per heavy atom. The summed E-state index contributed by atoms with van der Waals surface area (Å²) in [6.07, 6.45) is 5.88. The van der Waals surface area contributed by atoms with Crippen LogP contribution >= 0.6 is 0 Å². The summed E-state index contributed by atoms with van der Waals surface area (Å²) < 4.78 is 0. The van der Waals surface area contributed by atoms with E-state index in [4.69, 9.17) is 0 Å². The Hall–Kier alpha value is -2.69. The zero-order valence-electron chi connectivity index (χ0n) is 14.4. The number of nitrogens with zero attached hydrogens (tertiary/aromatic N) is 1. The van der Waals surface area contributed by atoms with Crippen LogP contribution in [-0.2, 0) is 6.54 Å². The van der Waals surface area contributed by atoms with Crippen molar-refractivity contribution >= 4 is 11.8 Å². The molecule has 5 heteroatoms. The van der Waals surface area contributed by atoms with Gasteiger partial charge in [-0.1, -0.05) is 37.1 Å². The lowest BCUT2D eigenvalue weighted by Crippen LogP contribution is -2.33. The second kappa shape index (κ2) is 7.92. The number of hydrogen-bond acceptors (Lipinski definition) is 3. The maximum Gasteiger partial charge on any atom is 0.270 e. The van der Waals surface area contributed by atoms with Crippen LogP contribution in [0.2, 0.25) is 0 Å². The van der Waals surface area contributed by atoms with Gasteiger partial charge in [0.25, 0.3) is 11.8 Å². The monoisotopic (exact) mass is 337 g/mol. The predicted molar refractivity (Wildman–Crippen MR) is 96.3 cm³/mol. The summed E-state index contributed by atoms with van der Waals surface area (Å²) in [6.45, 7) is 2.44. The number of carbonyl (C=O) groups excluding carboxylic acids is 2. The van der Waals surface area contributed by atoms with Gasteiger partial charge in [-0.15, -0.1) is 0 Å². The average Bonchev–Trinajstić information content (AvgIpc) is 3.14. The Kier molecular flexibility index (Phi) is 5.43. The number of pyridine rings is 1. The topological polar surface area (TPSA) is 71.1 Å². The number of amides is 2. The number of carbonyl (C=O) groups is 2. The van der Waals surface area contributed by atoms with E-state index in [-0.39, 0.29) is 23.6 Å². The van der Waals surface area contributed by atoms with E-state index in [0.717, 1.165) is 36.8 Å². The van der Waals surface area contributed by atoms with Crippen molar-refractivity contribution in [2.75, 3.05) is 0 Å². The van der Waals surface area contributed by atoms with Crippen LogP contribution in [0.4, 0.5) is 0 Å². The minimum atomic E-state index is -0.279. The molecule has 0 unspecified atom stereocenters. The third-order valence-corrected chi connectivity index (χ3v) is 4.65. The number of aromatic nitrogens is 1. The summed E-state index contributed by atoms with van der Waals surface area (Å²) in [5, 5.41) is 5.89. The molecule has 5 nitrogen and oxygen atoms in total. The van der Waals surface area contributed by atoms with Gasteiger partial charge < -0.3 is 10.6 Å². The van der Waals surface area contributed by atoms with Crippen LogP contribution < -0.4 is 10.6 Å². The molecule has 1 aromatic heterocycles. The molecule has 130 valence electrons. The highest BCUT2D eigenvalue weighted by Gasteiger charge is 2.19. The lowest BCUT2D eigenvalue weighted by molar-refractivity contribution is 0.0937. The molecule has 0 atom stereocenters. The highest BCUT2D eigenvalue weighted by atomic mass is 16.2. The first-order chi connectivity index (χ1) is 12.1. The van der Waals surface area contributed by atoms with Gasteiger partial charge in [0.05, 0.1) is 0 Å². The van der Waals surface area contributed by atoms with Gasteiger partial charge in [0.2, 0.25) is 0 Å². The minimum Gasteiger partial charge on any atom is -0.349 e. The first-order valence-electron chi connectivity index (χ1n) is 8.73. The van der Waals surface area contributed by atoms with Crippen LogP contribution in [0.5, 0.6) is 0 Å². The number of rotatable bonds is 5. The molecule has 3 rings (SSSR count). The molecule has 0 radical (unpaired) electrons. The van der Waals surface area contributed by atoms with Crippen LogP contribution in [0.15, 0.2) is 42.6 Å². The summed E-state index contributed by atoms with van der Waals surface area (Å²) in [4.78, 5) is 28.8. The van der Waals surface area contributed by atoms with Crippen LogP contribution in [-0.4, -0.2) is 22.8 Å². The largest absolute Gasteiger partial charge is 0.349 e. The first kappa shape index (κ1) is 17.1. The predicted octanol–water partition coefficient (Wildman–Crippen LogP) is 2.99. The number of hydrogen-bond donors (Lipinski definition) is 2. The molecule has 1 fully saturated rings. The van der Waals surface area contributed by atoms with Crippen molar-refractivity contribution < 1.29 is 9.59 Å². The molecule has 1 aromatic carbocycles. The van der Waals surface area contributed by atoms with Gasteiger partial charge in [0.1, 0.15) is 5.69 Å². The molecule has 1 heterocycles. The van der Waals surface area contributed by atoms with Crippen LogP contribution in [0.3, 0.4) is 0 Å². The van der Waals surface area contributed by atoms with Gasteiger partial charge in [0, 0.05) is 24.3 Å². The van der Waals surface area contributed by atoms with Gasteiger partial charge in [-0.3, -0.25) is 14.6 Å². The Bertz CT molecular complexity index is 767. The first-order valence-corrected chi connectivity index (χ1v) is 8.73. The number of nitrogens with one attached hydrogen (secondary N) is 2. The van der Waals surface area contributed by atoms with Gasteiger partial charge in [-0.2, -0.15) is 0 Å². The quantitative estimate of drug-likeness (QED) is 0.881. The molecule has 0 spiro atoms. The lowest BCUT2D eigenvalue weighted by atomic mass is 10.1. The average molecular weight is 337 g/mol. The zero-order valence-corrected chi connectivity index (χ0v) is 14.4. The fourth-order valence-corrected chi connectivity index (χ4v) is 3.11. The van der Waals surface area contributed by atoms with E-state index in [1.807, 2.05) is 31.2 Å². The summed E-state index contributed by atoms with van der Waals surface area (Å²) in [5.41, 5.74) is 2.92. The summed E-state index contributed by atoms with van der Waals surface area (Å²) >= 11 is 0. The number of aryl methyl sites for hydroxylation is 1. The SMILES string of the molecule is Cc1ccccc1CNC(=O)c1cc(C(=O)NC2CCCC2)ccn1. The minimum absolute atomic E-state index is 0.137. The van der Waals surface area contributed by atoms with Crippen LogP contribution in [0.1, 0.15) is 57.7 Å². The van der Waals surface area contributed by atoms with Crippen molar-refractivity contribution in [3.05, 3.63) is 65.0 Å². The van der Waals surface area contributed by atoms with E-state index in [2.05, 4.69) is 15.6 Å². The molecule has 0 bridgehead atoms. The highest BCUT2D eigenvalue weighted by Crippen LogP contribution is 2.18. The number of benzene rings is 1.